The third-order valence-electron chi connectivity index (χ3n) is 1.84. The Morgan fingerprint density at radius 3 is 2.73 bits per heavy atom. The van der Waals surface area contributed by atoms with E-state index in [4.69, 9.17) is 4.74 Å². The van der Waals surface area contributed by atoms with Crippen LogP contribution in [-0.2, 0) is 9.47 Å². The van der Waals surface area contributed by atoms with E-state index >= 15 is 0 Å². The zero-order valence-corrected chi connectivity index (χ0v) is 8.05. The van der Waals surface area contributed by atoms with Crippen molar-refractivity contribution in [1.29, 1.82) is 0 Å². The van der Waals surface area contributed by atoms with E-state index in [0.29, 0.717) is 26.2 Å². The number of alkyl halides is 3. The van der Waals surface area contributed by atoms with Crippen molar-refractivity contribution in [3.05, 3.63) is 0 Å². The summed E-state index contributed by atoms with van der Waals surface area (Å²) in [6.07, 6.45) is -4.79. The van der Waals surface area contributed by atoms with E-state index in [-0.39, 0.29) is 6.54 Å². The van der Waals surface area contributed by atoms with Crippen LogP contribution in [0.4, 0.5) is 18.0 Å². The summed E-state index contributed by atoms with van der Waals surface area (Å²) in [7, 11) is 0. The maximum atomic E-state index is 11.7. The molecule has 1 aliphatic heterocycles. The van der Waals surface area contributed by atoms with Gasteiger partial charge in [-0.1, -0.05) is 0 Å². The van der Waals surface area contributed by atoms with Gasteiger partial charge in [0.25, 0.3) is 0 Å². The zero-order valence-electron chi connectivity index (χ0n) is 8.05. The summed E-state index contributed by atoms with van der Waals surface area (Å²) in [6.45, 7) is -0.0409. The lowest BCUT2D eigenvalue weighted by Gasteiger charge is -2.19. The maximum Gasteiger partial charge on any atom is 0.422 e. The first-order valence-electron chi connectivity index (χ1n) is 4.55. The Hall–Kier alpha value is -0.980. The van der Waals surface area contributed by atoms with Crippen LogP contribution in [0.5, 0.6) is 0 Å². The lowest BCUT2D eigenvalue weighted by molar-refractivity contribution is -0.162. The molecule has 15 heavy (non-hydrogen) atoms. The van der Waals surface area contributed by atoms with Crippen molar-refractivity contribution in [3.63, 3.8) is 0 Å². The van der Waals surface area contributed by atoms with Crippen LogP contribution < -0.4 is 0 Å². The predicted molar refractivity (Wildman–Crippen MR) is 44.4 cm³/mol. The van der Waals surface area contributed by atoms with Crippen molar-refractivity contribution >= 4 is 6.09 Å². The first-order chi connectivity index (χ1) is 6.99. The molecule has 4 nitrogen and oxygen atoms in total. The van der Waals surface area contributed by atoms with E-state index in [1.165, 1.54) is 4.90 Å². The molecule has 0 aromatic heterocycles. The van der Waals surface area contributed by atoms with E-state index in [9.17, 15) is 18.0 Å². The van der Waals surface area contributed by atoms with E-state index in [1.54, 1.807) is 0 Å². The number of ether oxygens (including phenoxy) is 2. The average molecular weight is 227 g/mol. The number of hydrogen-bond acceptors (Lipinski definition) is 3. The van der Waals surface area contributed by atoms with E-state index in [1.807, 2.05) is 0 Å². The average Bonchev–Trinajstić information content (AvgIpc) is 2.41. The first kappa shape index (κ1) is 12.1. The molecule has 0 spiro atoms. The zero-order chi connectivity index (χ0) is 11.3. The van der Waals surface area contributed by atoms with Gasteiger partial charge in [0.2, 0.25) is 0 Å². The molecule has 0 aliphatic carbocycles. The van der Waals surface area contributed by atoms with Crippen LogP contribution in [0.2, 0.25) is 0 Å². The van der Waals surface area contributed by atoms with Crippen molar-refractivity contribution in [2.24, 2.45) is 0 Å². The van der Waals surface area contributed by atoms with Crippen LogP contribution >= 0.6 is 0 Å². The van der Waals surface area contributed by atoms with Gasteiger partial charge < -0.3 is 14.4 Å². The van der Waals surface area contributed by atoms with E-state index in [0.717, 1.165) is 0 Å². The minimum absolute atomic E-state index is 0.274. The molecule has 0 atom stereocenters. The molecule has 0 aromatic carbocycles. The fourth-order valence-electron chi connectivity index (χ4n) is 1.16. The van der Waals surface area contributed by atoms with Gasteiger partial charge in [-0.3, -0.25) is 0 Å². The SMILES string of the molecule is O=C(OCC(F)(F)F)N1CCCOCC1. The number of amides is 1. The monoisotopic (exact) mass is 227 g/mol. The first-order valence-corrected chi connectivity index (χ1v) is 4.55. The molecule has 0 saturated carbocycles. The molecule has 7 heteroatoms. The molecular weight excluding hydrogens is 215 g/mol. The number of hydrogen-bond donors (Lipinski definition) is 0. The molecule has 1 fully saturated rings. The molecule has 1 aliphatic rings. The Labute approximate surface area is 84.9 Å². The highest BCUT2D eigenvalue weighted by atomic mass is 19.4. The van der Waals surface area contributed by atoms with Gasteiger partial charge in [0, 0.05) is 19.7 Å². The molecular formula is C8H12F3NO3. The second kappa shape index (κ2) is 5.20. The summed E-state index contributed by atoms with van der Waals surface area (Å²) in [5, 5.41) is 0. The van der Waals surface area contributed by atoms with Crippen LogP contribution in [0, 0.1) is 0 Å². The van der Waals surface area contributed by atoms with Crippen LogP contribution in [0.15, 0.2) is 0 Å². The second-order valence-electron chi connectivity index (χ2n) is 3.12. The topological polar surface area (TPSA) is 38.8 Å². The third-order valence-corrected chi connectivity index (χ3v) is 1.84. The fourth-order valence-corrected chi connectivity index (χ4v) is 1.16. The Bertz CT molecular complexity index is 212. The number of rotatable bonds is 1. The quantitative estimate of drug-likeness (QED) is 0.679. The van der Waals surface area contributed by atoms with Crippen LogP contribution in [0.3, 0.4) is 0 Å². The summed E-state index contributed by atoms with van der Waals surface area (Å²) < 4.78 is 44.4. The summed E-state index contributed by atoms with van der Waals surface area (Å²) in [5.41, 5.74) is 0. The molecule has 1 saturated heterocycles. The summed E-state index contributed by atoms with van der Waals surface area (Å²) in [6, 6.07) is 0. The Morgan fingerprint density at radius 1 is 1.33 bits per heavy atom. The molecule has 0 N–H and O–H groups in total. The third kappa shape index (κ3) is 4.87. The lowest BCUT2D eigenvalue weighted by Crippen LogP contribution is -2.35. The van der Waals surface area contributed by atoms with E-state index in [2.05, 4.69) is 4.74 Å². The second-order valence-corrected chi connectivity index (χ2v) is 3.12. The van der Waals surface area contributed by atoms with Gasteiger partial charge in [0.1, 0.15) is 0 Å². The van der Waals surface area contributed by atoms with Crippen LogP contribution in [-0.4, -0.2) is 50.1 Å². The van der Waals surface area contributed by atoms with Gasteiger partial charge in [-0.15, -0.1) is 0 Å². The number of carbonyl (C=O) groups excluding carboxylic acids is 1. The molecule has 0 aromatic rings. The van der Waals surface area contributed by atoms with E-state index < -0.39 is 18.9 Å². The Kier molecular flexibility index (Phi) is 4.19. The highest BCUT2D eigenvalue weighted by Gasteiger charge is 2.30. The van der Waals surface area contributed by atoms with Crippen molar-refractivity contribution in [2.75, 3.05) is 32.9 Å². The van der Waals surface area contributed by atoms with Gasteiger partial charge in [0.15, 0.2) is 6.61 Å². The molecule has 1 heterocycles. The Morgan fingerprint density at radius 2 is 2.07 bits per heavy atom. The molecule has 1 amide bonds. The maximum absolute atomic E-state index is 11.7. The minimum Gasteiger partial charge on any atom is -0.440 e. The number of carbonyl (C=O) groups is 1. The highest BCUT2D eigenvalue weighted by Crippen LogP contribution is 2.15. The predicted octanol–water partition coefficient (Wildman–Crippen LogP) is 1.41. The summed E-state index contributed by atoms with van der Waals surface area (Å²) >= 11 is 0. The summed E-state index contributed by atoms with van der Waals surface area (Å²) in [4.78, 5) is 12.4. The number of halogens is 3. The Balaban J connectivity index is 2.32. The van der Waals surface area contributed by atoms with Gasteiger partial charge in [-0.25, -0.2) is 4.79 Å². The standard InChI is InChI=1S/C8H12F3NO3/c9-8(10,11)6-15-7(13)12-2-1-4-14-5-3-12/h1-6H2. The van der Waals surface area contributed by atoms with Gasteiger partial charge in [-0.05, 0) is 6.42 Å². The van der Waals surface area contributed by atoms with Crippen molar-refractivity contribution < 1.29 is 27.4 Å². The highest BCUT2D eigenvalue weighted by molar-refractivity contribution is 5.67. The van der Waals surface area contributed by atoms with Crippen LogP contribution in [0.1, 0.15) is 6.42 Å². The lowest BCUT2D eigenvalue weighted by atomic mass is 10.4. The van der Waals surface area contributed by atoms with Gasteiger partial charge in [0.05, 0.1) is 6.61 Å². The normalized spacial score (nSPS) is 18.5. The fraction of sp³-hybridized carbons (Fsp3) is 0.875. The molecule has 88 valence electrons. The molecule has 0 unspecified atom stereocenters. The summed E-state index contributed by atoms with van der Waals surface area (Å²) in [5.74, 6) is 0. The molecule has 1 rings (SSSR count). The van der Waals surface area contributed by atoms with Gasteiger partial charge in [-0.2, -0.15) is 13.2 Å². The number of nitrogens with zero attached hydrogens (tertiary/aromatic N) is 1. The van der Waals surface area contributed by atoms with Crippen molar-refractivity contribution in [3.8, 4) is 0 Å². The van der Waals surface area contributed by atoms with Crippen molar-refractivity contribution in [1.82, 2.24) is 4.90 Å². The van der Waals surface area contributed by atoms with Gasteiger partial charge >= 0.3 is 12.3 Å². The largest absolute Gasteiger partial charge is 0.440 e. The molecule has 0 bridgehead atoms. The molecule has 0 radical (unpaired) electrons. The van der Waals surface area contributed by atoms with Crippen molar-refractivity contribution in [2.45, 2.75) is 12.6 Å². The minimum atomic E-state index is -4.47. The smallest absolute Gasteiger partial charge is 0.422 e. The van der Waals surface area contributed by atoms with Crippen LogP contribution in [0.25, 0.3) is 0 Å².